The number of carbonyl (C=O) groups is 1. The third-order valence-electron chi connectivity index (χ3n) is 2.27. The Morgan fingerprint density at radius 2 is 2.00 bits per heavy atom. The molecule has 0 radical (unpaired) electrons. The summed E-state index contributed by atoms with van der Waals surface area (Å²) in [6.45, 7) is 5.18. The number of hydrogen-bond acceptors (Lipinski definition) is 4. The average Bonchev–Trinajstić information content (AvgIpc) is 2.26. The number of aromatic carboxylic acids is 1. The van der Waals surface area contributed by atoms with Gasteiger partial charge in [-0.3, -0.25) is 0 Å². The van der Waals surface area contributed by atoms with Crippen LogP contribution >= 0.6 is 0 Å². The Hall–Kier alpha value is -1.65. The maximum atomic E-state index is 10.6. The van der Waals surface area contributed by atoms with Crippen molar-refractivity contribution in [2.45, 2.75) is 20.3 Å². The smallest absolute Gasteiger partial charge is 0.338 e. The maximum Gasteiger partial charge on any atom is 0.338 e. The predicted molar refractivity (Wildman–Crippen MR) is 61.7 cm³/mol. The van der Waals surface area contributed by atoms with Gasteiger partial charge in [0.25, 0.3) is 0 Å². The van der Waals surface area contributed by atoms with E-state index in [2.05, 4.69) is 23.8 Å². The molecule has 0 aliphatic rings. The monoisotopic (exact) mass is 223 g/mol. The Balaban J connectivity index is 2.63. The van der Waals surface area contributed by atoms with Crippen molar-refractivity contribution < 1.29 is 9.90 Å². The first-order chi connectivity index (χ1) is 7.50. The van der Waals surface area contributed by atoms with Crippen LogP contribution in [0, 0.1) is 5.92 Å². The van der Waals surface area contributed by atoms with Gasteiger partial charge >= 0.3 is 5.97 Å². The number of hydrogen-bond donors (Lipinski definition) is 1. The van der Waals surface area contributed by atoms with Crippen LogP contribution < -0.4 is 4.90 Å². The molecule has 0 aliphatic heterocycles. The molecule has 0 bridgehead atoms. The molecule has 5 nitrogen and oxygen atoms in total. The van der Waals surface area contributed by atoms with E-state index < -0.39 is 5.97 Å². The molecule has 1 aromatic heterocycles. The van der Waals surface area contributed by atoms with Gasteiger partial charge in [0.05, 0.1) is 5.56 Å². The summed E-state index contributed by atoms with van der Waals surface area (Å²) >= 11 is 0. The fraction of sp³-hybridized carbons (Fsp3) is 0.545. The fourth-order valence-electron chi connectivity index (χ4n) is 1.18. The van der Waals surface area contributed by atoms with Gasteiger partial charge in [-0.05, 0) is 12.3 Å². The molecule has 16 heavy (non-hydrogen) atoms. The molecule has 1 N–H and O–H groups in total. The minimum atomic E-state index is -1.00. The van der Waals surface area contributed by atoms with Crippen LogP contribution in [0.3, 0.4) is 0 Å². The van der Waals surface area contributed by atoms with Crippen LogP contribution in [0.1, 0.15) is 30.6 Å². The third-order valence-corrected chi connectivity index (χ3v) is 2.27. The molecular formula is C11H17N3O2. The average molecular weight is 223 g/mol. The molecule has 5 heteroatoms. The highest BCUT2D eigenvalue weighted by molar-refractivity contribution is 5.86. The van der Waals surface area contributed by atoms with Crippen LogP contribution in [-0.2, 0) is 0 Å². The van der Waals surface area contributed by atoms with E-state index in [1.807, 2.05) is 11.9 Å². The van der Waals surface area contributed by atoms with Gasteiger partial charge in [0, 0.05) is 26.0 Å². The Morgan fingerprint density at radius 1 is 1.44 bits per heavy atom. The molecule has 0 unspecified atom stereocenters. The number of rotatable bonds is 5. The molecule has 0 aromatic carbocycles. The topological polar surface area (TPSA) is 66.3 Å². The Labute approximate surface area is 95.1 Å². The summed E-state index contributed by atoms with van der Waals surface area (Å²) < 4.78 is 0. The number of nitrogens with zero attached hydrogens (tertiary/aromatic N) is 3. The minimum absolute atomic E-state index is 0.112. The first-order valence-corrected chi connectivity index (χ1v) is 5.27. The highest BCUT2D eigenvalue weighted by Crippen LogP contribution is 2.08. The normalized spacial score (nSPS) is 10.5. The Kier molecular flexibility index (Phi) is 4.22. The molecular weight excluding hydrogens is 206 g/mol. The van der Waals surface area contributed by atoms with E-state index in [1.165, 1.54) is 12.4 Å². The second-order valence-electron chi connectivity index (χ2n) is 4.18. The molecule has 0 amide bonds. The molecule has 1 aromatic rings. The van der Waals surface area contributed by atoms with Gasteiger partial charge in [0.2, 0.25) is 5.95 Å². The van der Waals surface area contributed by atoms with E-state index in [1.54, 1.807) is 0 Å². The molecule has 0 saturated carbocycles. The van der Waals surface area contributed by atoms with E-state index in [0.29, 0.717) is 11.9 Å². The summed E-state index contributed by atoms with van der Waals surface area (Å²) in [6.07, 6.45) is 3.72. The van der Waals surface area contributed by atoms with Crippen LogP contribution in [-0.4, -0.2) is 34.6 Å². The third kappa shape index (κ3) is 3.49. The van der Waals surface area contributed by atoms with Gasteiger partial charge in [-0.2, -0.15) is 0 Å². The molecule has 0 saturated heterocycles. The van der Waals surface area contributed by atoms with Crippen molar-refractivity contribution in [3.63, 3.8) is 0 Å². The quantitative estimate of drug-likeness (QED) is 0.822. The first-order valence-electron chi connectivity index (χ1n) is 5.27. The van der Waals surface area contributed by atoms with Crippen molar-refractivity contribution in [2.24, 2.45) is 5.92 Å². The summed E-state index contributed by atoms with van der Waals surface area (Å²) in [7, 11) is 1.90. The van der Waals surface area contributed by atoms with Crippen LogP contribution in [0.15, 0.2) is 12.4 Å². The van der Waals surface area contributed by atoms with Gasteiger partial charge in [0.1, 0.15) is 0 Å². The van der Waals surface area contributed by atoms with E-state index in [4.69, 9.17) is 5.11 Å². The van der Waals surface area contributed by atoms with E-state index in [9.17, 15) is 4.79 Å². The zero-order valence-electron chi connectivity index (χ0n) is 9.84. The van der Waals surface area contributed by atoms with Gasteiger partial charge in [-0.1, -0.05) is 13.8 Å². The summed E-state index contributed by atoms with van der Waals surface area (Å²) in [5.74, 6) is 0.183. The lowest BCUT2D eigenvalue weighted by atomic mass is 10.1. The zero-order chi connectivity index (χ0) is 12.1. The largest absolute Gasteiger partial charge is 0.478 e. The Bertz CT molecular complexity index is 349. The molecule has 0 fully saturated rings. The van der Waals surface area contributed by atoms with E-state index >= 15 is 0 Å². The number of carboxylic acids is 1. The number of aromatic nitrogens is 2. The summed E-state index contributed by atoms with van der Waals surface area (Å²) in [6, 6.07) is 0. The molecule has 1 heterocycles. The van der Waals surface area contributed by atoms with Crippen LogP contribution in [0.5, 0.6) is 0 Å². The van der Waals surface area contributed by atoms with Gasteiger partial charge in [-0.15, -0.1) is 0 Å². The van der Waals surface area contributed by atoms with Crippen LogP contribution in [0.4, 0.5) is 5.95 Å². The highest BCUT2D eigenvalue weighted by Gasteiger charge is 2.07. The van der Waals surface area contributed by atoms with Gasteiger partial charge < -0.3 is 10.0 Å². The van der Waals surface area contributed by atoms with Crippen LogP contribution in [0.25, 0.3) is 0 Å². The van der Waals surface area contributed by atoms with Crippen molar-refractivity contribution in [3.8, 4) is 0 Å². The molecule has 1 rings (SSSR count). The predicted octanol–water partition coefficient (Wildman–Crippen LogP) is 1.66. The lowest BCUT2D eigenvalue weighted by molar-refractivity contribution is 0.0696. The standard InChI is InChI=1S/C11H17N3O2/c1-8(2)4-5-14(3)11-12-6-9(7-13-11)10(15)16/h6-8H,4-5H2,1-3H3,(H,15,16). The molecule has 88 valence electrons. The molecule has 0 spiro atoms. The minimum Gasteiger partial charge on any atom is -0.478 e. The van der Waals surface area contributed by atoms with Crippen molar-refractivity contribution in [2.75, 3.05) is 18.5 Å². The van der Waals surface area contributed by atoms with Crippen LogP contribution in [0.2, 0.25) is 0 Å². The molecule has 0 aliphatic carbocycles. The summed E-state index contributed by atoms with van der Waals surface area (Å²) in [4.78, 5) is 20.5. The van der Waals surface area contributed by atoms with Crippen molar-refractivity contribution in [1.82, 2.24) is 9.97 Å². The first kappa shape index (κ1) is 12.4. The van der Waals surface area contributed by atoms with E-state index in [-0.39, 0.29) is 5.56 Å². The lowest BCUT2D eigenvalue weighted by Gasteiger charge is -2.17. The number of carboxylic acid groups (broad SMARTS) is 1. The Morgan fingerprint density at radius 3 is 2.44 bits per heavy atom. The fourth-order valence-corrected chi connectivity index (χ4v) is 1.18. The second-order valence-corrected chi connectivity index (χ2v) is 4.18. The number of anilines is 1. The summed E-state index contributed by atoms with van der Waals surface area (Å²) in [5.41, 5.74) is 0.112. The van der Waals surface area contributed by atoms with E-state index in [0.717, 1.165) is 13.0 Å². The SMILES string of the molecule is CC(C)CCN(C)c1ncc(C(=O)O)cn1. The highest BCUT2D eigenvalue weighted by atomic mass is 16.4. The second kappa shape index (κ2) is 5.44. The van der Waals surface area contributed by atoms with Crippen molar-refractivity contribution in [3.05, 3.63) is 18.0 Å². The summed E-state index contributed by atoms with van der Waals surface area (Å²) in [5, 5.41) is 8.70. The zero-order valence-corrected chi connectivity index (χ0v) is 9.84. The molecule has 0 atom stereocenters. The van der Waals surface area contributed by atoms with Gasteiger partial charge in [0.15, 0.2) is 0 Å². The lowest BCUT2D eigenvalue weighted by Crippen LogP contribution is -2.22. The maximum absolute atomic E-state index is 10.6. The van der Waals surface area contributed by atoms with Crippen molar-refractivity contribution in [1.29, 1.82) is 0 Å². The van der Waals surface area contributed by atoms with Crippen molar-refractivity contribution >= 4 is 11.9 Å². The van der Waals surface area contributed by atoms with Gasteiger partial charge in [-0.25, -0.2) is 14.8 Å².